The second kappa shape index (κ2) is 8.78. The molecule has 1 atom stereocenters. The number of piperidine rings is 1. The molecule has 0 bridgehead atoms. The summed E-state index contributed by atoms with van der Waals surface area (Å²) < 4.78 is 26.0. The first-order valence-corrected chi connectivity index (χ1v) is 12.9. The van der Waals surface area contributed by atoms with Crippen LogP contribution in [0, 0.1) is 5.92 Å². The van der Waals surface area contributed by atoms with Gasteiger partial charge >= 0.3 is 0 Å². The molecule has 30 heavy (non-hydrogen) atoms. The van der Waals surface area contributed by atoms with E-state index in [4.69, 9.17) is 4.98 Å². The second-order valence-corrected chi connectivity index (χ2v) is 11.1. The van der Waals surface area contributed by atoms with Crippen molar-refractivity contribution < 1.29 is 13.2 Å². The number of rotatable bonds is 5. The molecule has 2 aliphatic heterocycles. The number of nitrogens with one attached hydrogen (secondary N) is 1. The maximum absolute atomic E-state index is 13.1. The monoisotopic (exact) mass is 436 g/mol. The minimum atomic E-state index is -3.34. The van der Waals surface area contributed by atoms with Gasteiger partial charge in [-0.05, 0) is 51.4 Å². The van der Waals surface area contributed by atoms with E-state index in [9.17, 15) is 18.0 Å². The summed E-state index contributed by atoms with van der Waals surface area (Å²) in [6, 6.07) is -0.233. The molecule has 9 heteroatoms. The molecule has 1 N–H and O–H groups in total. The first kappa shape index (κ1) is 21.5. The number of aromatic nitrogens is 2. The number of carbonyl (C=O) groups is 1. The number of amides is 1. The second-order valence-electron chi connectivity index (χ2n) is 8.81. The van der Waals surface area contributed by atoms with Crippen LogP contribution in [-0.4, -0.2) is 52.3 Å². The fraction of sp³-hybridized carbons (Fsp3) is 0.762. The van der Waals surface area contributed by atoms with Gasteiger partial charge in [-0.2, -0.15) is 4.31 Å². The van der Waals surface area contributed by atoms with Crippen molar-refractivity contribution in [3.8, 4) is 0 Å². The standard InChI is InChI=1S/C21H32N4O4S/c1-2-30(28,29)24-12-10-16-17(14-24)22-20(23-21(16)27)18-9-5-6-11-25(18)19(26)13-15-7-3-4-8-15/h15,18H,2-14H2,1H3,(H,22,23,27)/t18-/m0/s1. The van der Waals surface area contributed by atoms with Crippen molar-refractivity contribution in [2.45, 2.75) is 77.3 Å². The van der Waals surface area contributed by atoms with Crippen LogP contribution < -0.4 is 5.56 Å². The summed E-state index contributed by atoms with van der Waals surface area (Å²) in [5.41, 5.74) is 0.907. The lowest BCUT2D eigenvalue weighted by molar-refractivity contribution is -0.136. The summed E-state index contributed by atoms with van der Waals surface area (Å²) >= 11 is 0. The molecule has 166 valence electrons. The maximum atomic E-state index is 13.1. The number of H-pyrrole nitrogens is 1. The number of hydrogen-bond acceptors (Lipinski definition) is 5. The zero-order valence-corrected chi connectivity index (χ0v) is 18.5. The number of fused-ring (bicyclic) bond motifs is 1. The zero-order valence-electron chi connectivity index (χ0n) is 17.7. The molecule has 0 radical (unpaired) electrons. The Morgan fingerprint density at radius 3 is 2.60 bits per heavy atom. The molecule has 1 saturated carbocycles. The molecular formula is C21H32N4O4S. The highest BCUT2D eigenvalue weighted by Crippen LogP contribution is 2.33. The van der Waals surface area contributed by atoms with Crippen LogP contribution in [0.2, 0.25) is 0 Å². The third-order valence-electron chi connectivity index (χ3n) is 6.89. The van der Waals surface area contributed by atoms with Crippen molar-refractivity contribution in [1.82, 2.24) is 19.2 Å². The molecule has 1 aromatic heterocycles. The molecule has 1 aliphatic carbocycles. The van der Waals surface area contributed by atoms with E-state index in [0.29, 0.717) is 48.9 Å². The quantitative estimate of drug-likeness (QED) is 0.761. The lowest BCUT2D eigenvalue weighted by Crippen LogP contribution is -2.43. The zero-order chi connectivity index (χ0) is 21.3. The Labute approximate surface area is 178 Å². The third-order valence-corrected chi connectivity index (χ3v) is 8.72. The summed E-state index contributed by atoms with van der Waals surface area (Å²) in [4.78, 5) is 35.3. The number of aromatic amines is 1. The number of likely N-dealkylation sites (tertiary alicyclic amines) is 1. The van der Waals surface area contributed by atoms with Crippen LogP contribution in [0.1, 0.15) is 81.4 Å². The van der Waals surface area contributed by atoms with E-state index in [1.54, 1.807) is 6.92 Å². The Morgan fingerprint density at radius 1 is 1.13 bits per heavy atom. The fourth-order valence-electron chi connectivity index (χ4n) is 5.11. The largest absolute Gasteiger partial charge is 0.333 e. The van der Waals surface area contributed by atoms with Crippen molar-refractivity contribution in [2.24, 2.45) is 5.92 Å². The average Bonchev–Trinajstić information content (AvgIpc) is 3.26. The first-order chi connectivity index (χ1) is 14.4. The molecule has 0 spiro atoms. The Morgan fingerprint density at radius 2 is 1.87 bits per heavy atom. The molecular weight excluding hydrogens is 404 g/mol. The van der Waals surface area contributed by atoms with Gasteiger partial charge in [-0.25, -0.2) is 13.4 Å². The molecule has 4 rings (SSSR count). The van der Waals surface area contributed by atoms with Gasteiger partial charge in [0.1, 0.15) is 5.82 Å². The van der Waals surface area contributed by atoms with E-state index in [1.807, 2.05) is 4.90 Å². The van der Waals surface area contributed by atoms with Crippen LogP contribution in [0.3, 0.4) is 0 Å². The van der Waals surface area contributed by atoms with Crippen LogP contribution in [0.5, 0.6) is 0 Å². The summed E-state index contributed by atoms with van der Waals surface area (Å²) in [7, 11) is -3.34. The van der Waals surface area contributed by atoms with Gasteiger partial charge in [0.2, 0.25) is 15.9 Å². The van der Waals surface area contributed by atoms with Crippen LogP contribution >= 0.6 is 0 Å². The van der Waals surface area contributed by atoms with Crippen molar-refractivity contribution >= 4 is 15.9 Å². The van der Waals surface area contributed by atoms with Gasteiger partial charge in [-0.1, -0.05) is 12.8 Å². The van der Waals surface area contributed by atoms with Crippen molar-refractivity contribution in [1.29, 1.82) is 0 Å². The SMILES string of the molecule is CCS(=O)(=O)N1CCc2c(nc([C@@H]3CCCCN3C(=O)CC3CCCC3)[nH]c2=O)C1. The number of carbonyl (C=O) groups excluding carboxylic acids is 1. The van der Waals surface area contributed by atoms with Crippen LogP contribution in [-0.2, 0) is 27.8 Å². The van der Waals surface area contributed by atoms with Crippen LogP contribution in [0.4, 0.5) is 0 Å². The van der Waals surface area contributed by atoms with E-state index in [1.165, 1.54) is 17.1 Å². The van der Waals surface area contributed by atoms with E-state index < -0.39 is 10.0 Å². The highest BCUT2D eigenvalue weighted by Gasteiger charge is 2.34. The van der Waals surface area contributed by atoms with Crippen molar-refractivity contribution in [2.75, 3.05) is 18.8 Å². The van der Waals surface area contributed by atoms with Gasteiger partial charge in [0, 0.05) is 25.1 Å². The summed E-state index contributed by atoms with van der Waals surface area (Å²) in [6.45, 7) is 2.75. The molecule has 3 aliphatic rings. The number of nitrogens with zero attached hydrogens (tertiary/aromatic N) is 3. The van der Waals surface area contributed by atoms with Gasteiger partial charge in [-0.3, -0.25) is 9.59 Å². The summed E-state index contributed by atoms with van der Waals surface area (Å²) in [6.07, 6.45) is 8.32. The van der Waals surface area contributed by atoms with E-state index in [-0.39, 0.29) is 29.8 Å². The predicted octanol–water partition coefficient (Wildman–Crippen LogP) is 2.11. The predicted molar refractivity (Wildman–Crippen MR) is 113 cm³/mol. The molecule has 8 nitrogen and oxygen atoms in total. The average molecular weight is 437 g/mol. The van der Waals surface area contributed by atoms with Crippen molar-refractivity contribution in [3.63, 3.8) is 0 Å². The van der Waals surface area contributed by atoms with Crippen molar-refractivity contribution in [3.05, 3.63) is 27.4 Å². The summed E-state index contributed by atoms with van der Waals surface area (Å²) in [5, 5.41) is 0. The molecule has 0 unspecified atom stereocenters. The molecule has 3 heterocycles. The Balaban J connectivity index is 1.59. The first-order valence-electron chi connectivity index (χ1n) is 11.3. The molecule has 1 saturated heterocycles. The van der Waals surface area contributed by atoms with Gasteiger partial charge in [0.25, 0.3) is 5.56 Å². The maximum Gasteiger partial charge on any atom is 0.254 e. The van der Waals surface area contributed by atoms with E-state index in [2.05, 4.69) is 4.98 Å². The smallest absolute Gasteiger partial charge is 0.254 e. The Bertz CT molecular complexity index is 952. The van der Waals surface area contributed by atoms with Gasteiger partial charge in [0.05, 0.1) is 24.0 Å². The topological polar surface area (TPSA) is 103 Å². The highest BCUT2D eigenvalue weighted by molar-refractivity contribution is 7.89. The molecule has 1 amide bonds. The molecule has 1 aromatic rings. The van der Waals surface area contributed by atoms with Gasteiger partial charge in [-0.15, -0.1) is 0 Å². The number of sulfonamides is 1. The molecule has 2 fully saturated rings. The van der Waals surface area contributed by atoms with Crippen LogP contribution in [0.15, 0.2) is 4.79 Å². The molecule has 0 aromatic carbocycles. The van der Waals surface area contributed by atoms with Gasteiger partial charge in [0.15, 0.2) is 0 Å². The highest BCUT2D eigenvalue weighted by atomic mass is 32.2. The minimum Gasteiger partial charge on any atom is -0.333 e. The lowest BCUT2D eigenvalue weighted by Gasteiger charge is -2.36. The van der Waals surface area contributed by atoms with E-state index in [0.717, 1.165) is 32.1 Å². The minimum absolute atomic E-state index is 0.0322. The number of hydrogen-bond donors (Lipinski definition) is 1. The Kier molecular flexibility index (Phi) is 6.29. The van der Waals surface area contributed by atoms with E-state index >= 15 is 0 Å². The normalized spacial score (nSPS) is 23.5. The fourth-order valence-corrected chi connectivity index (χ4v) is 6.16. The third kappa shape index (κ3) is 4.32. The van der Waals surface area contributed by atoms with Crippen LogP contribution in [0.25, 0.3) is 0 Å². The lowest BCUT2D eigenvalue weighted by atomic mass is 9.97. The summed E-state index contributed by atoms with van der Waals surface area (Å²) in [5.74, 6) is 1.17. The van der Waals surface area contributed by atoms with Gasteiger partial charge < -0.3 is 9.88 Å². The Hall–Kier alpha value is -1.74.